The van der Waals surface area contributed by atoms with E-state index >= 15 is 0 Å². The number of hydrogen-bond donors (Lipinski definition) is 1. The normalized spacial score (nSPS) is 18.8. The van der Waals surface area contributed by atoms with Crippen LogP contribution >= 0.6 is 0 Å². The molecule has 0 bridgehead atoms. The van der Waals surface area contributed by atoms with Crippen molar-refractivity contribution >= 4 is 16.1 Å². The molecule has 6 nitrogen and oxygen atoms in total. The van der Waals surface area contributed by atoms with E-state index in [1.165, 1.54) is 0 Å². The summed E-state index contributed by atoms with van der Waals surface area (Å²) in [4.78, 5) is 13.7. The lowest BCUT2D eigenvalue weighted by atomic mass is 10.0. The molecule has 2 amide bonds. The molecule has 1 aliphatic heterocycles. The Morgan fingerprint density at radius 3 is 2.30 bits per heavy atom. The van der Waals surface area contributed by atoms with Gasteiger partial charge in [0.25, 0.3) is 0 Å². The van der Waals surface area contributed by atoms with Crippen LogP contribution in [-0.4, -0.2) is 49.8 Å². The highest BCUT2D eigenvalue weighted by Gasteiger charge is 2.36. The van der Waals surface area contributed by atoms with Gasteiger partial charge in [0, 0.05) is 26.2 Å². The largest absolute Gasteiger partial charge is 0.331 e. The van der Waals surface area contributed by atoms with Crippen LogP contribution in [0.5, 0.6) is 0 Å². The molecule has 0 radical (unpaired) electrons. The first-order valence-electron chi connectivity index (χ1n) is 9.92. The molecular formula is C21H23F2N3O3S. The highest BCUT2D eigenvalue weighted by Crippen LogP contribution is 2.41. The van der Waals surface area contributed by atoms with Gasteiger partial charge in [0.05, 0.1) is 6.04 Å². The van der Waals surface area contributed by atoms with Gasteiger partial charge in [0.2, 0.25) is 10.0 Å². The molecule has 0 spiro atoms. The molecule has 0 aromatic heterocycles. The Labute approximate surface area is 174 Å². The molecule has 160 valence electrons. The molecule has 1 saturated heterocycles. The lowest BCUT2D eigenvalue weighted by molar-refractivity contribution is 0.167. The second kappa shape index (κ2) is 8.31. The average molecular weight is 435 g/mol. The summed E-state index contributed by atoms with van der Waals surface area (Å²) in [7, 11) is -4.17. The van der Waals surface area contributed by atoms with E-state index in [1.807, 2.05) is 30.3 Å². The van der Waals surface area contributed by atoms with Crippen molar-refractivity contribution in [2.75, 3.05) is 26.2 Å². The lowest BCUT2D eigenvalue weighted by Crippen LogP contribution is -2.53. The van der Waals surface area contributed by atoms with Gasteiger partial charge in [-0.15, -0.1) is 0 Å². The number of benzene rings is 2. The highest BCUT2D eigenvalue weighted by atomic mass is 32.2. The van der Waals surface area contributed by atoms with Gasteiger partial charge in [-0.25, -0.2) is 22.0 Å². The molecule has 9 heteroatoms. The Morgan fingerprint density at radius 2 is 1.67 bits per heavy atom. The van der Waals surface area contributed by atoms with Crippen molar-refractivity contribution in [2.24, 2.45) is 5.92 Å². The summed E-state index contributed by atoms with van der Waals surface area (Å²) in [6.07, 6.45) is 2.12. The zero-order valence-corrected chi connectivity index (χ0v) is 17.1. The number of carbonyl (C=O) groups is 1. The van der Waals surface area contributed by atoms with E-state index in [2.05, 4.69) is 5.32 Å². The topological polar surface area (TPSA) is 69.7 Å². The number of halogens is 2. The number of nitrogens with one attached hydrogen (secondary N) is 1. The SMILES string of the molecule is O=C(N[C@H](c1ccccc1)C1CC1)N1CCN(S(=O)(=O)c2cc(F)ccc2F)CC1. The molecule has 1 atom stereocenters. The molecule has 1 heterocycles. The third kappa shape index (κ3) is 4.32. The number of amides is 2. The van der Waals surface area contributed by atoms with Crippen LogP contribution in [0.4, 0.5) is 13.6 Å². The fourth-order valence-electron chi connectivity index (χ4n) is 3.73. The fourth-order valence-corrected chi connectivity index (χ4v) is 5.23. The van der Waals surface area contributed by atoms with Gasteiger partial charge in [0.15, 0.2) is 0 Å². The van der Waals surface area contributed by atoms with Crippen LogP contribution in [0.2, 0.25) is 0 Å². The summed E-state index contributed by atoms with van der Waals surface area (Å²) < 4.78 is 53.9. The number of nitrogens with zero attached hydrogens (tertiary/aromatic N) is 2. The first-order chi connectivity index (χ1) is 14.4. The van der Waals surface area contributed by atoms with Crippen molar-refractivity contribution in [3.8, 4) is 0 Å². The molecule has 4 rings (SSSR count). The molecule has 0 unspecified atom stereocenters. The summed E-state index contributed by atoms with van der Waals surface area (Å²) in [6.45, 7) is 0.388. The van der Waals surface area contributed by atoms with Gasteiger partial charge in [0.1, 0.15) is 16.5 Å². The van der Waals surface area contributed by atoms with Gasteiger partial charge in [-0.1, -0.05) is 30.3 Å². The van der Waals surface area contributed by atoms with Gasteiger partial charge in [-0.3, -0.25) is 0 Å². The zero-order chi connectivity index (χ0) is 21.3. The third-order valence-corrected chi connectivity index (χ3v) is 7.48. The van der Waals surface area contributed by atoms with Crippen LogP contribution in [0.3, 0.4) is 0 Å². The fraction of sp³-hybridized carbons (Fsp3) is 0.381. The van der Waals surface area contributed by atoms with Crippen molar-refractivity contribution in [2.45, 2.75) is 23.8 Å². The second-order valence-corrected chi connectivity index (χ2v) is 9.55. The van der Waals surface area contributed by atoms with E-state index in [4.69, 9.17) is 0 Å². The molecule has 30 heavy (non-hydrogen) atoms. The van der Waals surface area contributed by atoms with Crippen LogP contribution in [0.25, 0.3) is 0 Å². The van der Waals surface area contributed by atoms with Crippen molar-refractivity contribution in [3.63, 3.8) is 0 Å². The lowest BCUT2D eigenvalue weighted by Gasteiger charge is -2.35. The molecule has 2 fully saturated rings. The van der Waals surface area contributed by atoms with E-state index in [9.17, 15) is 22.0 Å². The van der Waals surface area contributed by atoms with Crippen LogP contribution in [-0.2, 0) is 10.0 Å². The maximum absolute atomic E-state index is 14.0. The predicted molar refractivity (Wildman–Crippen MR) is 107 cm³/mol. The Bertz CT molecular complexity index is 1020. The number of urea groups is 1. The highest BCUT2D eigenvalue weighted by molar-refractivity contribution is 7.89. The second-order valence-electron chi connectivity index (χ2n) is 7.64. The Balaban J connectivity index is 1.40. The van der Waals surface area contributed by atoms with Crippen molar-refractivity contribution in [1.29, 1.82) is 0 Å². The predicted octanol–water partition coefficient (Wildman–Crippen LogP) is 3.13. The van der Waals surface area contributed by atoms with Crippen LogP contribution in [0, 0.1) is 17.6 Å². The van der Waals surface area contributed by atoms with E-state index in [-0.39, 0.29) is 38.3 Å². The molecular weight excluding hydrogens is 412 g/mol. The van der Waals surface area contributed by atoms with Crippen LogP contribution in [0.1, 0.15) is 24.4 Å². The zero-order valence-electron chi connectivity index (χ0n) is 16.3. The first kappa shape index (κ1) is 20.7. The van der Waals surface area contributed by atoms with Gasteiger partial charge in [-0.2, -0.15) is 4.31 Å². The maximum Gasteiger partial charge on any atom is 0.317 e. The van der Waals surface area contributed by atoms with Gasteiger partial charge in [-0.05, 0) is 42.5 Å². The van der Waals surface area contributed by atoms with Gasteiger partial charge < -0.3 is 10.2 Å². The van der Waals surface area contributed by atoms with Crippen molar-refractivity contribution in [1.82, 2.24) is 14.5 Å². The molecule has 2 aliphatic rings. The Hall–Kier alpha value is -2.52. The number of sulfonamides is 1. The van der Waals surface area contributed by atoms with E-state index in [0.29, 0.717) is 12.0 Å². The number of rotatable bonds is 5. The first-order valence-corrected chi connectivity index (χ1v) is 11.4. The van der Waals surface area contributed by atoms with Crippen molar-refractivity contribution < 1.29 is 22.0 Å². The summed E-state index contributed by atoms with van der Waals surface area (Å²) in [5.41, 5.74) is 1.05. The van der Waals surface area contributed by atoms with Crippen molar-refractivity contribution in [3.05, 3.63) is 65.7 Å². The van der Waals surface area contributed by atoms with E-state index in [0.717, 1.165) is 34.8 Å². The van der Waals surface area contributed by atoms with E-state index < -0.39 is 26.6 Å². The van der Waals surface area contributed by atoms with Crippen LogP contribution in [0.15, 0.2) is 53.4 Å². The summed E-state index contributed by atoms with van der Waals surface area (Å²) in [5, 5.41) is 3.08. The minimum absolute atomic E-state index is 0.0190. The minimum atomic E-state index is -4.17. The smallest absolute Gasteiger partial charge is 0.317 e. The maximum atomic E-state index is 14.0. The minimum Gasteiger partial charge on any atom is -0.331 e. The average Bonchev–Trinajstić information content (AvgIpc) is 3.59. The van der Waals surface area contributed by atoms with Gasteiger partial charge >= 0.3 is 6.03 Å². The Kier molecular flexibility index (Phi) is 5.75. The number of hydrogen-bond acceptors (Lipinski definition) is 3. The third-order valence-electron chi connectivity index (χ3n) is 5.57. The number of carbonyl (C=O) groups excluding carboxylic acids is 1. The molecule has 1 aliphatic carbocycles. The van der Waals surface area contributed by atoms with E-state index in [1.54, 1.807) is 4.90 Å². The quantitative estimate of drug-likeness (QED) is 0.785. The summed E-state index contributed by atoms with van der Waals surface area (Å²) in [5.74, 6) is -1.40. The molecule has 2 aromatic carbocycles. The number of piperazine rings is 1. The molecule has 1 saturated carbocycles. The summed E-state index contributed by atoms with van der Waals surface area (Å²) in [6, 6.07) is 11.8. The summed E-state index contributed by atoms with van der Waals surface area (Å²) >= 11 is 0. The van der Waals surface area contributed by atoms with Crippen LogP contribution < -0.4 is 5.32 Å². The monoisotopic (exact) mass is 435 g/mol. The molecule has 2 aromatic rings. The molecule has 1 N–H and O–H groups in total. The Morgan fingerprint density at radius 1 is 1.00 bits per heavy atom. The standard InChI is InChI=1S/C21H23F2N3O3S/c22-17-8-9-18(23)19(14-17)30(28,29)26-12-10-25(11-13-26)21(27)24-20(16-6-7-16)15-4-2-1-3-5-15/h1-5,8-9,14,16,20H,6-7,10-13H2,(H,24,27)/t20-/m1/s1.